The molecule has 0 amide bonds. The Morgan fingerprint density at radius 2 is 1.44 bits per heavy atom. The van der Waals surface area contributed by atoms with Crippen molar-refractivity contribution in [3.63, 3.8) is 0 Å². The van der Waals surface area contributed by atoms with E-state index in [9.17, 15) is 5.21 Å². The van der Waals surface area contributed by atoms with E-state index >= 15 is 0 Å². The van der Waals surface area contributed by atoms with Crippen LogP contribution in [0.2, 0.25) is 0 Å². The number of ether oxygens (including phenoxy) is 1. The van der Waals surface area contributed by atoms with Gasteiger partial charge in [-0.25, -0.2) is 0 Å². The summed E-state index contributed by atoms with van der Waals surface area (Å²) in [6.45, 7) is 5.12. The molecule has 0 saturated carbocycles. The highest BCUT2D eigenvalue weighted by Gasteiger charge is 2.30. The summed E-state index contributed by atoms with van der Waals surface area (Å²) in [7, 11) is 0. The third kappa shape index (κ3) is 8.16. The summed E-state index contributed by atoms with van der Waals surface area (Å²) in [5.41, 5.74) is 5.34. The lowest BCUT2D eigenvalue weighted by Crippen LogP contribution is -2.32. The first kappa shape index (κ1) is 30.2. The van der Waals surface area contributed by atoms with Crippen LogP contribution in [0.3, 0.4) is 0 Å². The highest BCUT2D eigenvalue weighted by atomic mass is 32.2. The van der Waals surface area contributed by atoms with Gasteiger partial charge in [0.25, 0.3) is 0 Å². The summed E-state index contributed by atoms with van der Waals surface area (Å²) in [6.07, 6.45) is 13.3. The third-order valence-electron chi connectivity index (χ3n) is 8.71. The lowest BCUT2D eigenvalue weighted by atomic mass is 9.91. The Labute approximate surface area is 252 Å². The molecule has 4 nitrogen and oxygen atoms in total. The second kappa shape index (κ2) is 15.8. The van der Waals surface area contributed by atoms with Crippen molar-refractivity contribution in [2.75, 3.05) is 31.2 Å². The van der Waals surface area contributed by atoms with Crippen LogP contribution in [0.15, 0.2) is 82.6 Å². The van der Waals surface area contributed by atoms with Gasteiger partial charge in [0.15, 0.2) is 0 Å². The van der Waals surface area contributed by atoms with Crippen molar-refractivity contribution in [2.24, 2.45) is 0 Å². The molecule has 2 heterocycles. The number of hydrogen-bond donors (Lipinski definition) is 0. The van der Waals surface area contributed by atoms with Crippen molar-refractivity contribution in [3.05, 3.63) is 89.1 Å². The van der Waals surface area contributed by atoms with Crippen LogP contribution >= 0.6 is 11.8 Å². The molecular formula is C36H47N2O2S-. The zero-order valence-corrected chi connectivity index (χ0v) is 25.6. The molecule has 0 spiro atoms. The van der Waals surface area contributed by atoms with Crippen molar-refractivity contribution < 1.29 is 4.74 Å². The largest absolute Gasteiger partial charge is 0.785 e. The fourth-order valence-corrected chi connectivity index (χ4v) is 7.43. The summed E-state index contributed by atoms with van der Waals surface area (Å²) in [6, 6.07) is 26.4. The third-order valence-corrected chi connectivity index (χ3v) is 9.84. The molecule has 5 heteroatoms. The van der Waals surface area contributed by atoms with E-state index in [-0.39, 0.29) is 12.0 Å². The maximum Gasteiger partial charge on any atom is 0.0618 e. The first-order valence-corrected chi connectivity index (χ1v) is 16.8. The van der Waals surface area contributed by atoms with Crippen LogP contribution in [0.25, 0.3) is 0 Å². The summed E-state index contributed by atoms with van der Waals surface area (Å²) in [5.74, 6) is 0.271. The molecule has 41 heavy (non-hydrogen) atoms. The molecule has 2 atom stereocenters. The number of rotatable bonds is 16. The molecule has 0 aliphatic carbocycles. The van der Waals surface area contributed by atoms with Crippen LogP contribution < -0.4 is 4.90 Å². The number of hydroxylamine groups is 2. The predicted octanol–water partition coefficient (Wildman–Crippen LogP) is 9.74. The zero-order valence-electron chi connectivity index (χ0n) is 24.8. The SMILES string of the molecule is CCCCCCCCc1ccc([C@H]2CCN([O-])[C@@H]2COCCCCCN2c3ccccc3Sc3ccccc32)cc1. The van der Waals surface area contributed by atoms with Gasteiger partial charge in [0.2, 0.25) is 0 Å². The number of fused-ring (bicyclic) bond motifs is 2. The number of para-hydroxylation sites is 2. The molecule has 0 aromatic heterocycles. The van der Waals surface area contributed by atoms with Crippen molar-refractivity contribution in [2.45, 2.75) is 99.3 Å². The minimum absolute atomic E-state index is 0.0710. The Balaban J connectivity index is 1.02. The average molecular weight is 572 g/mol. The molecule has 2 aliphatic rings. The number of unbranched alkanes of at least 4 members (excludes halogenated alkanes) is 7. The van der Waals surface area contributed by atoms with Crippen molar-refractivity contribution in [1.82, 2.24) is 5.06 Å². The smallest absolute Gasteiger partial charge is 0.0618 e. The molecular weight excluding hydrogens is 524 g/mol. The maximum absolute atomic E-state index is 12.6. The van der Waals surface area contributed by atoms with E-state index in [4.69, 9.17) is 4.74 Å². The molecule has 1 fully saturated rings. The van der Waals surface area contributed by atoms with E-state index in [0.29, 0.717) is 13.2 Å². The van der Waals surface area contributed by atoms with Crippen LogP contribution in [-0.2, 0) is 11.2 Å². The van der Waals surface area contributed by atoms with Crippen LogP contribution in [-0.4, -0.2) is 37.4 Å². The van der Waals surface area contributed by atoms with Gasteiger partial charge in [-0.15, -0.1) is 0 Å². The Hall–Kier alpha value is -2.31. The number of benzene rings is 3. The molecule has 0 radical (unpaired) electrons. The normalized spacial score (nSPS) is 18.4. The molecule has 3 aromatic rings. The Morgan fingerprint density at radius 3 is 2.17 bits per heavy atom. The van der Waals surface area contributed by atoms with Gasteiger partial charge in [0, 0.05) is 34.9 Å². The van der Waals surface area contributed by atoms with Gasteiger partial charge in [0.05, 0.1) is 18.0 Å². The first-order chi connectivity index (χ1) is 20.2. The molecule has 220 valence electrons. The Bertz CT molecular complexity index is 1150. The van der Waals surface area contributed by atoms with E-state index in [2.05, 4.69) is 84.6 Å². The van der Waals surface area contributed by atoms with E-state index in [1.54, 1.807) is 0 Å². The van der Waals surface area contributed by atoms with Gasteiger partial charge in [0.1, 0.15) is 0 Å². The monoisotopic (exact) mass is 571 g/mol. The molecule has 0 unspecified atom stereocenters. The second-order valence-corrected chi connectivity index (χ2v) is 12.8. The molecule has 0 bridgehead atoms. The minimum Gasteiger partial charge on any atom is -0.785 e. The topological polar surface area (TPSA) is 38.8 Å². The number of anilines is 2. The Kier molecular flexibility index (Phi) is 11.6. The average Bonchev–Trinajstić information content (AvgIpc) is 3.38. The van der Waals surface area contributed by atoms with E-state index < -0.39 is 0 Å². The molecule has 2 aliphatic heterocycles. The van der Waals surface area contributed by atoms with Crippen molar-refractivity contribution >= 4 is 23.1 Å². The molecule has 5 rings (SSSR count). The zero-order chi connectivity index (χ0) is 28.3. The van der Waals surface area contributed by atoms with Crippen LogP contribution in [0.5, 0.6) is 0 Å². The standard InChI is InChI=1S/C36H47N2O2S/c1-2-3-4-5-6-8-15-29-20-22-30(23-21-29)31-24-26-38(39)34(31)28-40-27-14-7-13-25-37-32-16-9-11-18-35(32)41-36-19-12-10-17-33(36)37/h9-12,16-23,31,34H,2-8,13-15,24-28H2,1H3/q-1/t31-,34-/m1/s1. The van der Waals surface area contributed by atoms with E-state index in [1.807, 2.05) is 11.8 Å². The first-order valence-electron chi connectivity index (χ1n) is 16.0. The fraction of sp³-hybridized carbons (Fsp3) is 0.500. The Morgan fingerprint density at radius 1 is 0.780 bits per heavy atom. The summed E-state index contributed by atoms with van der Waals surface area (Å²) < 4.78 is 6.10. The maximum atomic E-state index is 12.6. The molecule has 0 N–H and O–H groups in total. The van der Waals surface area contributed by atoms with Crippen LogP contribution in [0.4, 0.5) is 11.4 Å². The van der Waals surface area contributed by atoms with Crippen LogP contribution in [0, 0.1) is 5.21 Å². The van der Waals surface area contributed by atoms with Crippen molar-refractivity contribution in [1.29, 1.82) is 0 Å². The molecule has 1 saturated heterocycles. The van der Waals surface area contributed by atoms with Gasteiger partial charge in [-0.05, 0) is 80.5 Å². The highest BCUT2D eigenvalue weighted by Crippen LogP contribution is 2.47. The number of nitrogens with zero attached hydrogens (tertiary/aromatic N) is 2. The number of hydrogen-bond acceptors (Lipinski definition) is 5. The van der Waals surface area contributed by atoms with Gasteiger partial charge >= 0.3 is 0 Å². The van der Waals surface area contributed by atoms with Gasteiger partial charge in [-0.3, -0.25) is 0 Å². The second-order valence-electron chi connectivity index (χ2n) is 11.7. The quantitative estimate of drug-likeness (QED) is 0.160. The van der Waals surface area contributed by atoms with Crippen molar-refractivity contribution in [3.8, 4) is 0 Å². The molecule has 3 aromatic carbocycles. The van der Waals surface area contributed by atoms with E-state index in [0.717, 1.165) is 45.3 Å². The predicted molar refractivity (Wildman–Crippen MR) is 173 cm³/mol. The highest BCUT2D eigenvalue weighted by molar-refractivity contribution is 7.99. The summed E-state index contributed by atoms with van der Waals surface area (Å²) in [4.78, 5) is 5.13. The lowest BCUT2D eigenvalue weighted by molar-refractivity contribution is 0.0839. The summed E-state index contributed by atoms with van der Waals surface area (Å²) in [5, 5.41) is 13.9. The van der Waals surface area contributed by atoms with Gasteiger partial charge in [-0.2, -0.15) is 0 Å². The fourth-order valence-electron chi connectivity index (χ4n) is 6.33. The van der Waals surface area contributed by atoms with Crippen LogP contribution in [0.1, 0.15) is 88.2 Å². The van der Waals surface area contributed by atoms with E-state index in [1.165, 1.54) is 75.9 Å². The van der Waals surface area contributed by atoms with Gasteiger partial charge < -0.3 is 19.9 Å². The number of aryl methyl sites for hydroxylation is 1. The summed E-state index contributed by atoms with van der Waals surface area (Å²) >= 11 is 1.86. The van der Waals surface area contributed by atoms with Gasteiger partial charge in [-0.1, -0.05) is 99.3 Å². The minimum atomic E-state index is -0.0710. The lowest BCUT2D eigenvalue weighted by Gasteiger charge is -2.33.